The molecule has 1 saturated heterocycles. The van der Waals surface area contributed by atoms with Crippen LogP contribution in [-0.2, 0) is 0 Å². The smallest absolute Gasteiger partial charge is 0.136 e. The van der Waals surface area contributed by atoms with E-state index in [0.29, 0.717) is 6.61 Å². The summed E-state index contributed by atoms with van der Waals surface area (Å²) in [5, 5.41) is 3.37. The highest BCUT2D eigenvalue weighted by Gasteiger charge is 2.17. The summed E-state index contributed by atoms with van der Waals surface area (Å²) >= 11 is 0. The SMILES string of the molecule is CCOc1ccc(Nc2cc(N3CCN(CC)CC3)nc(C)n2)cc1. The maximum absolute atomic E-state index is 5.48. The molecule has 0 spiro atoms. The van der Waals surface area contributed by atoms with E-state index < -0.39 is 0 Å². The van der Waals surface area contributed by atoms with Crippen LogP contribution < -0.4 is 15.0 Å². The van der Waals surface area contributed by atoms with Crippen LogP contribution in [0.3, 0.4) is 0 Å². The summed E-state index contributed by atoms with van der Waals surface area (Å²) in [6.45, 7) is 12.1. The van der Waals surface area contributed by atoms with E-state index in [1.165, 1.54) is 0 Å². The normalized spacial score (nSPS) is 15.2. The highest BCUT2D eigenvalue weighted by Crippen LogP contribution is 2.22. The van der Waals surface area contributed by atoms with E-state index in [0.717, 1.165) is 61.6 Å². The molecule has 2 aromatic rings. The van der Waals surface area contributed by atoms with Crippen molar-refractivity contribution < 1.29 is 4.74 Å². The van der Waals surface area contributed by atoms with Crippen molar-refractivity contribution in [3.8, 4) is 5.75 Å². The molecule has 0 bridgehead atoms. The van der Waals surface area contributed by atoms with Crippen LogP contribution in [0.25, 0.3) is 0 Å². The minimum atomic E-state index is 0.673. The summed E-state index contributed by atoms with van der Waals surface area (Å²) in [5.41, 5.74) is 0.989. The van der Waals surface area contributed by atoms with E-state index >= 15 is 0 Å². The average Bonchev–Trinajstić information content (AvgIpc) is 2.63. The summed E-state index contributed by atoms with van der Waals surface area (Å²) in [5.74, 6) is 3.48. The van der Waals surface area contributed by atoms with E-state index in [-0.39, 0.29) is 0 Å². The molecule has 0 radical (unpaired) electrons. The average molecular weight is 341 g/mol. The van der Waals surface area contributed by atoms with Gasteiger partial charge >= 0.3 is 0 Å². The molecular weight excluding hydrogens is 314 g/mol. The van der Waals surface area contributed by atoms with Crippen LogP contribution in [0.5, 0.6) is 5.75 Å². The summed E-state index contributed by atoms with van der Waals surface area (Å²) in [6, 6.07) is 9.96. The van der Waals surface area contributed by atoms with Gasteiger partial charge in [-0.05, 0) is 44.7 Å². The first-order valence-electron chi connectivity index (χ1n) is 9.00. The van der Waals surface area contributed by atoms with Gasteiger partial charge in [0, 0.05) is 37.9 Å². The maximum Gasteiger partial charge on any atom is 0.136 e. The Kier molecular flexibility index (Phi) is 5.71. The first-order chi connectivity index (χ1) is 12.2. The summed E-state index contributed by atoms with van der Waals surface area (Å²) in [4.78, 5) is 13.9. The molecule has 25 heavy (non-hydrogen) atoms. The fourth-order valence-corrected chi connectivity index (χ4v) is 3.02. The highest BCUT2D eigenvalue weighted by atomic mass is 16.5. The van der Waals surface area contributed by atoms with Crippen molar-refractivity contribution in [1.82, 2.24) is 14.9 Å². The molecule has 2 heterocycles. The standard InChI is InChI=1S/C19H27N5O/c1-4-23-10-12-24(13-11-23)19-14-18(20-15(3)21-19)22-16-6-8-17(9-7-16)25-5-2/h6-9,14H,4-5,10-13H2,1-3H3,(H,20,21,22). The number of hydrogen-bond donors (Lipinski definition) is 1. The Hall–Kier alpha value is -2.34. The maximum atomic E-state index is 5.48. The molecule has 3 rings (SSSR count). The van der Waals surface area contributed by atoms with Crippen molar-refractivity contribution in [2.45, 2.75) is 20.8 Å². The van der Waals surface area contributed by atoms with Crippen molar-refractivity contribution in [1.29, 1.82) is 0 Å². The molecular formula is C19H27N5O. The monoisotopic (exact) mass is 341 g/mol. The molecule has 1 aliphatic heterocycles. The van der Waals surface area contributed by atoms with Gasteiger partial charge < -0.3 is 19.9 Å². The molecule has 0 amide bonds. The number of nitrogens with one attached hydrogen (secondary N) is 1. The lowest BCUT2D eigenvalue weighted by Crippen LogP contribution is -2.46. The molecule has 6 nitrogen and oxygen atoms in total. The highest BCUT2D eigenvalue weighted by molar-refractivity contribution is 5.60. The van der Waals surface area contributed by atoms with Crippen LogP contribution in [0.1, 0.15) is 19.7 Å². The predicted molar refractivity (Wildman–Crippen MR) is 102 cm³/mol. The Morgan fingerprint density at radius 1 is 1.04 bits per heavy atom. The summed E-state index contributed by atoms with van der Waals surface area (Å²) < 4.78 is 5.48. The molecule has 0 saturated carbocycles. The fourth-order valence-electron chi connectivity index (χ4n) is 3.02. The molecule has 0 aliphatic carbocycles. The zero-order valence-corrected chi connectivity index (χ0v) is 15.3. The topological polar surface area (TPSA) is 53.5 Å². The van der Waals surface area contributed by atoms with Crippen LogP contribution in [0.4, 0.5) is 17.3 Å². The second kappa shape index (κ2) is 8.16. The van der Waals surface area contributed by atoms with Gasteiger partial charge in [0.15, 0.2) is 0 Å². The molecule has 6 heteroatoms. The quantitative estimate of drug-likeness (QED) is 0.871. The van der Waals surface area contributed by atoms with Crippen LogP contribution in [-0.4, -0.2) is 54.2 Å². The van der Waals surface area contributed by atoms with Crippen LogP contribution in [0, 0.1) is 6.92 Å². The molecule has 1 aliphatic rings. The first kappa shape index (κ1) is 17.5. The van der Waals surface area contributed by atoms with Crippen LogP contribution in [0.2, 0.25) is 0 Å². The number of anilines is 3. The largest absolute Gasteiger partial charge is 0.494 e. The molecule has 134 valence electrons. The number of aryl methyl sites for hydroxylation is 1. The van der Waals surface area contributed by atoms with Gasteiger partial charge in [0.25, 0.3) is 0 Å². The number of rotatable bonds is 6. The lowest BCUT2D eigenvalue weighted by atomic mass is 10.3. The van der Waals surface area contributed by atoms with Gasteiger partial charge in [0.1, 0.15) is 23.2 Å². The molecule has 0 unspecified atom stereocenters. The third-order valence-corrected chi connectivity index (χ3v) is 4.41. The van der Waals surface area contributed by atoms with Crippen molar-refractivity contribution in [3.63, 3.8) is 0 Å². The van der Waals surface area contributed by atoms with Gasteiger partial charge in [-0.3, -0.25) is 0 Å². The van der Waals surface area contributed by atoms with Crippen molar-refractivity contribution in [2.24, 2.45) is 0 Å². The van der Waals surface area contributed by atoms with Gasteiger partial charge in [-0.2, -0.15) is 0 Å². The van der Waals surface area contributed by atoms with E-state index in [4.69, 9.17) is 4.74 Å². The predicted octanol–water partition coefficient (Wildman–Crippen LogP) is 3.07. The van der Waals surface area contributed by atoms with Crippen LogP contribution in [0.15, 0.2) is 30.3 Å². The van der Waals surface area contributed by atoms with Gasteiger partial charge in [0.2, 0.25) is 0 Å². The van der Waals surface area contributed by atoms with Crippen molar-refractivity contribution in [2.75, 3.05) is 49.5 Å². The summed E-state index contributed by atoms with van der Waals surface area (Å²) in [7, 11) is 0. The Balaban J connectivity index is 1.71. The Bertz CT molecular complexity index is 681. The Morgan fingerprint density at radius 3 is 2.40 bits per heavy atom. The molecule has 0 atom stereocenters. The van der Waals surface area contributed by atoms with Gasteiger partial charge in [0.05, 0.1) is 6.61 Å². The first-order valence-corrected chi connectivity index (χ1v) is 9.00. The number of nitrogens with zero attached hydrogens (tertiary/aromatic N) is 4. The Morgan fingerprint density at radius 2 is 1.76 bits per heavy atom. The zero-order chi connectivity index (χ0) is 17.6. The molecule has 1 fully saturated rings. The third-order valence-electron chi connectivity index (χ3n) is 4.41. The second-order valence-corrected chi connectivity index (χ2v) is 6.16. The van der Waals surface area contributed by atoms with Gasteiger partial charge in [-0.1, -0.05) is 6.92 Å². The number of benzene rings is 1. The lowest BCUT2D eigenvalue weighted by Gasteiger charge is -2.34. The molecule has 1 aromatic heterocycles. The van der Waals surface area contributed by atoms with E-state index in [9.17, 15) is 0 Å². The third kappa shape index (κ3) is 4.60. The Labute approximate surface area is 149 Å². The number of aromatic nitrogens is 2. The number of likely N-dealkylation sites (N-methyl/N-ethyl adjacent to an activating group) is 1. The summed E-state index contributed by atoms with van der Waals surface area (Å²) in [6.07, 6.45) is 0. The van der Waals surface area contributed by atoms with Gasteiger partial charge in [-0.25, -0.2) is 9.97 Å². The number of hydrogen-bond acceptors (Lipinski definition) is 6. The zero-order valence-electron chi connectivity index (χ0n) is 15.3. The second-order valence-electron chi connectivity index (χ2n) is 6.16. The van der Waals surface area contributed by atoms with Crippen molar-refractivity contribution >= 4 is 17.3 Å². The van der Waals surface area contributed by atoms with Crippen LogP contribution >= 0.6 is 0 Å². The lowest BCUT2D eigenvalue weighted by molar-refractivity contribution is 0.270. The fraction of sp³-hybridized carbons (Fsp3) is 0.474. The minimum absolute atomic E-state index is 0.673. The van der Waals surface area contributed by atoms with Crippen molar-refractivity contribution in [3.05, 3.63) is 36.2 Å². The van der Waals surface area contributed by atoms with E-state index in [1.807, 2.05) is 44.2 Å². The number of piperazine rings is 1. The van der Waals surface area contributed by atoms with E-state index in [2.05, 4.69) is 32.0 Å². The van der Waals surface area contributed by atoms with E-state index in [1.54, 1.807) is 0 Å². The molecule has 1 N–H and O–H groups in total. The molecule has 1 aromatic carbocycles. The number of ether oxygens (including phenoxy) is 1. The minimum Gasteiger partial charge on any atom is -0.494 e. The van der Waals surface area contributed by atoms with Gasteiger partial charge in [-0.15, -0.1) is 0 Å².